The van der Waals surface area contributed by atoms with Crippen molar-refractivity contribution in [3.63, 3.8) is 0 Å². The Balaban J connectivity index is 2.25. The van der Waals surface area contributed by atoms with Crippen LogP contribution in [0.3, 0.4) is 0 Å². The van der Waals surface area contributed by atoms with E-state index in [2.05, 4.69) is 15.9 Å². The summed E-state index contributed by atoms with van der Waals surface area (Å²) in [5, 5.41) is 0. The quantitative estimate of drug-likeness (QED) is 0.649. The Hall–Kier alpha value is -1.45. The van der Waals surface area contributed by atoms with Crippen molar-refractivity contribution in [2.24, 2.45) is 0 Å². The largest absolute Gasteiger partial charge is 0.444 e. The number of benzene rings is 1. The SMILES string of the molecule is CN(Cc1cc(Br)c(S(=O)(=O)c2cccc(F)c2)s1)C(=O)OC(C)(C)C. The van der Waals surface area contributed by atoms with Crippen LogP contribution in [0.15, 0.2) is 43.9 Å². The molecule has 0 N–H and O–H groups in total. The molecular weight excluding hydrogens is 445 g/mol. The van der Waals surface area contributed by atoms with Gasteiger partial charge in [-0.3, -0.25) is 0 Å². The summed E-state index contributed by atoms with van der Waals surface area (Å²) in [5.41, 5.74) is -0.618. The molecule has 0 fully saturated rings. The van der Waals surface area contributed by atoms with Gasteiger partial charge in [-0.15, -0.1) is 11.3 Å². The van der Waals surface area contributed by atoms with Gasteiger partial charge in [0.2, 0.25) is 9.84 Å². The van der Waals surface area contributed by atoms with Crippen molar-refractivity contribution in [1.82, 2.24) is 4.90 Å². The Morgan fingerprint density at radius 1 is 1.31 bits per heavy atom. The van der Waals surface area contributed by atoms with Gasteiger partial charge in [0.05, 0.1) is 11.4 Å². The summed E-state index contributed by atoms with van der Waals surface area (Å²) in [4.78, 5) is 13.9. The first-order chi connectivity index (χ1) is 11.9. The fourth-order valence-corrected chi connectivity index (χ4v) is 6.28. The maximum absolute atomic E-state index is 13.4. The van der Waals surface area contributed by atoms with Gasteiger partial charge < -0.3 is 9.64 Å². The van der Waals surface area contributed by atoms with Crippen LogP contribution in [0.2, 0.25) is 0 Å². The van der Waals surface area contributed by atoms with Crippen molar-refractivity contribution in [1.29, 1.82) is 0 Å². The fraction of sp³-hybridized carbons (Fsp3) is 0.353. The van der Waals surface area contributed by atoms with Gasteiger partial charge >= 0.3 is 6.09 Å². The molecule has 1 heterocycles. The Bertz CT molecular complexity index is 919. The highest BCUT2D eigenvalue weighted by atomic mass is 79.9. The normalized spacial score (nSPS) is 12.1. The molecule has 9 heteroatoms. The zero-order valence-electron chi connectivity index (χ0n) is 14.7. The molecule has 1 aromatic heterocycles. The number of nitrogens with zero attached hydrogens (tertiary/aromatic N) is 1. The van der Waals surface area contributed by atoms with Crippen molar-refractivity contribution in [3.8, 4) is 0 Å². The molecule has 0 aliphatic carbocycles. The van der Waals surface area contributed by atoms with Crippen molar-refractivity contribution < 1.29 is 22.3 Å². The van der Waals surface area contributed by atoms with Gasteiger partial charge in [-0.05, 0) is 61.0 Å². The minimum absolute atomic E-state index is 0.0655. The predicted molar refractivity (Wildman–Crippen MR) is 102 cm³/mol. The van der Waals surface area contributed by atoms with E-state index in [9.17, 15) is 17.6 Å². The number of rotatable bonds is 4. The molecule has 0 aliphatic rings. The van der Waals surface area contributed by atoms with E-state index in [1.807, 2.05) is 0 Å². The van der Waals surface area contributed by atoms with Crippen LogP contribution in [0.25, 0.3) is 0 Å². The lowest BCUT2D eigenvalue weighted by Crippen LogP contribution is -2.33. The van der Waals surface area contributed by atoms with Gasteiger partial charge in [0.25, 0.3) is 0 Å². The molecule has 0 aliphatic heterocycles. The first-order valence-electron chi connectivity index (χ1n) is 7.63. The van der Waals surface area contributed by atoms with E-state index in [1.165, 1.54) is 23.1 Å². The molecule has 142 valence electrons. The lowest BCUT2D eigenvalue weighted by molar-refractivity contribution is 0.0286. The van der Waals surface area contributed by atoms with Crippen LogP contribution in [0.4, 0.5) is 9.18 Å². The number of sulfone groups is 1. The number of carbonyl (C=O) groups is 1. The molecule has 0 radical (unpaired) electrons. The number of hydrogen-bond donors (Lipinski definition) is 0. The second kappa shape index (κ2) is 7.66. The minimum Gasteiger partial charge on any atom is -0.444 e. The third-order valence-electron chi connectivity index (χ3n) is 3.16. The fourth-order valence-electron chi connectivity index (χ4n) is 2.04. The van der Waals surface area contributed by atoms with Gasteiger partial charge in [0.1, 0.15) is 15.6 Å². The van der Waals surface area contributed by atoms with Crippen LogP contribution < -0.4 is 0 Å². The third-order valence-corrected chi connectivity index (χ3v) is 7.71. The van der Waals surface area contributed by atoms with Gasteiger partial charge in [-0.1, -0.05) is 6.07 Å². The van der Waals surface area contributed by atoms with Crippen molar-refractivity contribution >= 4 is 43.2 Å². The van der Waals surface area contributed by atoms with E-state index in [0.717, 1.165) is 17.4 Å². The lowest BCUT2D eigenvalue weighted by Gasteiger charge is -2.24. The Morgan fingerprint density at radius 2 is 1.96 bits per heavy atom. The maximum Gasteiger partial charge on any atom is 0.410 e. The summed E-state index contributed by atoms with van der Waals surface area (Å²) < 4.78 is 44.6. The molecule has 2 aromatic rings. The zero-order chi connectivity index (χ0) is 19.7. The van der Waals surface area contributed by atoms with Crippen molar-refractivity contribution in [3.05, 3.63) is 45.5 Å². The first-order valence-corrected chi connectivity index (χ1v) is 10.7. The molecule has 1 amide bonds. The van der Waals surface area contributed by atoms with E-state index >= 15 is 0 Å². The number of carbonyl (C=O) groups excluding carboxylic acids is 1. The monoisotopic (exact) mass is 463 g/mol. The van der Waals surface area contributed by atoms with Gasteiger partial charge in [0, 0.05) is 16.4 Å². The second-order valence-corrected chi connectivity index (χ2v) is 10.8. The molecule has 5 nitrogen and oxygen atoms in total. The van der Waals surface area contributed by atoms with E-state index in [0.29, 0.717) is 9.35 Å². The second-order valence-electron chi connectivity index (χ2n) is 6.65. The molecule has 0 atom stereocenters. The Morgan fingerprint density at radius 3 is 2.54 bits per heavy atom. The molecule has 0 saturated heterocycles. The summed E-state index contributed by atoms with van der Waals surface area (Å²) in [7, 11) is -2.29. The summed E-state index contributed by atoms with van der Waals surface area (Å²) in [6.07, 6.45) is -0.503. The average molecular weight is 464 g/mol. The van der Waals surface area contributed by atoms with Gasteiger partial charge in [-0.2, -0.15) is 0 Å². The van der Waals surface area contributed by atoms with Crippen LogP contribution in [0.1, 0.15) is 25.6 Å². The van der Waals surface area contributed by atoms with E-state index in [1.54, 1.807) is 33.9 Å². The highest BCUT2D eigenvalue weighted by molar-refractivity contribution is 9.10. The van der Waals surface area contributed by atoms with Crippen LogP contribution in [0, 0.1) is 5.82 Å². The Labute approximate surface area is 164 Å². The number of amides is 1. The molecule has 0 spiro atoms. The number of hydrogen-bond acceptors (Lipinski definition) is 5. The lowest BCUT2D eigenvalue weighted by atomic mass is 10.2. The molecule has 0 bridgehead atoms. The Kier molecular flexibility index (Phi) is 6.14. The summed E-state index contributed by atoms with van der Waals surface area (Å²) in [5.74, 6) is -0.622. The van der Waals surface area contributed by atoms with Gasteiger partial charge in [0.15, 0.2) is 0 Å². The topological polar surface area (TPSA) is 63.7 Å². The molecular formula is C17H19BrFNO4S2. The highest BCUT2D eigenvalue weighted by Gasteiger charge is 2.26. The number of halogens is 2. The molecule has 26 heavy (non-hydrogen) atoms. The van der Waals surface area contributed by atoms with Gasteiger partial charge in [-0.25, -0.2) is 17.6 Å². The third kappa shape index (κ3) is 5.05. The zero-order valence-corrected chi connectivity index (χ0v) is 18.0. The summed E-state index contributed by atoms with van der Waals surface area (Å²) >= 11 is 4.27. The van der Waals surface area contributed by atoms with Crippen LogP contribution >= 0.6 is 27.3 Å². The van der Waals surface area contributed by atoms with Crippen LogP contribution in [-0.2, 0) is 21.1 Å². The number of thiophene rings is 1. The standard InChI is InChI=1S/C17H19BrFNO4S2/c1-17(2,3)24-16(21)20(4)10-12-9-14(18)15(25-12)26(22,23)13-7-5-6-11(19)8-13/h5-9H,10H2,1-4H3. The average Bonchev–Trinajstić information content (AvgIpc) is 2.86. The maximum atomic E-state index is 13.4. The van der Waals surface area contributed by atoms with E-state index in [4.69, 9.17) is 4.74 Å². The van der Waals surface area contributed by atoms with Crippen molar-refractivity contribution in [2.45, 2.75) is 42.0 Å². The summed E-state index contributed by atoms with van der Waals surface area (Å²) in [6, 6.07) is 6.49. The summed E-state index contributed by atoms with van der Waals surface area (Å²) in [6.45, 7) is 5.50. The van der Waals surface area contributed by atoms with E-state index in [-0.39, 0.29) is 15.6 Å². The molecule has 0 unspecified atom stereocenters. The minimum atomic E-state index is -3.86. The number of ether oxygens (including phenoxy) is 1. The highest BCUT2D eigenvalue weighted by Crippen LogP contribution is 2.36. The predicted octanol–water partition coefficient (Wildman–Crippen LogP) is 4.85. The first kappa shape index (κ1) is 20.9. The van der Waals surface area contributed by atoms with E-state index < -0.39 is 27.3 Å². The molecule has 1 aromatic carbocycles. The molecule has 0 saturated carbocycles. The van der Waals surface area contributed by atoms with Crippen LogP contribution in [-0.4, -0.2) is 32.1 Å². The van der Waals surface area contributed by atoms with Crippen molar-refractivity contribution in [2.75, 3.05) is 7.05 Å². The molecule has 2 rings (SSSR count). The smallest absolute Gasteiger partial charge is 0.410 e. The van der Waals surface area contributed by atoms with Crippen LogP contribution in [0.5, 0.6) is 0 Å².